The van der Waals surface area contributed by atoms with Crippen LogP contribution in [0.25, 0.3) is 6.08 Å². The molecule has 0 unspecified atom stereocenters. The van der Waals surface area contributed by atoms with Crippen LogP contribution in [0.1, 0.15) is 29.8 Å². The summed E-state index contributed by atoms with van der Waals surface area (Å²) < 4.78 is 37.8. The molecule has 1 aliphatic carbocycles. The van der Waals surface area contributed by atoms with Gasteiger partial charge in [0.15, 0.2) is 0 Å². The Morgan fingerprint density at radius 2 is 1.95 bits per heavy atom. The summed E-state index contributed by atoms with van der Waals surface area (Å²) in [7, 11) is 0. The van der Waals surface area contributed by atoms with E-state index in [9.17, 15) is 13.2 Å². The number of alkyl halides is 3. The largest absolute Gasteiger partial charge is 0.418 e. The van der Waals surface area contributed by atoms with Crippen molar-refractivity contribution in [2.45, 2.75) is 25.9 Å². The third-order valence-electron chi connectivity index (χ3n) is 3.97. The van der Waals surface area contributed by atoms with Crippen molar-refractivity contribution in [3.05, 3.63) is 34.7 Å². The van der Waals surface area contributed by atoms with Gasteiger partial charge in [0.05, 0.1) is 17.0 Å². The molecule has 0 bridgehead atoms. The molecule has 5 heteroatoms. The number of halogens is 3. The minimum Gasteiger partial charge on any atom is -0.315 e. The molecule has 1 saturated heterocycles. The van der Waals surface area contributed by atoms with Gasteiger partial charge in [-0.05, 0) is 38.0 Å². The molecule has 0 aromatic carbocycles. The van der Waals surface area contributed by atoms with Gasteiger partial charge >= 0.3 is 6.18 Å². The van der Waals surface area contributed by atoms with E-state index < -0.39 is 11.7 Å². The van der Waals surface area contributed by atoms with E-state index in [4.69, 9.17) is 0 Å². The van der Waals surface area contributed by atoms with Crippen LogP contribution < -0.4 is 5.32 Å². The summed E-state index contributed by atoms with van der Waals surface area (Å²) >= 11 is 0. The summed E-state index contributed by atoms with van der Waals surface area (Å²) in [6.45, 7) is 3.52. The lowest BCUT2D eigenvalue weighted by atomic mass is 9.61. The van der Waals surface area contributed by atoms with Gasteiger partial charge < -0.3 is 5.32 Å². The van der Waals surface area contributed by atoms with Crippen LogP contribution >= 0.6 is 0 Å². The quantitative estimate of drug-likeness (QED) is 0.846. The van der Waals surface area contributed by atoms with E-state index in [0.29, 0.717) is 11.1 Å². The third-order valence-corrected chi connectivity index (χ3v) is 3.97. The fourth-order valence-electron chi connectivity index (χ4n) is 2.91. The Labute approximate surface area is 109 Å². The van der Waals surface area contributed by atoms with Crippen LogP contribution in [0.4, 0.5) is 13.2 Å². The highest BCUT2D eigenvalue weighted by atomic mass is 19.4. The molecule has 1 aliphatic heterocycles. The third kappa shape index (κ3) is 2.27. The van der Waals surface area contributed by atoms with Crippen molar-refractivity contribution in [3.63, 3.8) is 0 Å². The van der Waals surface area contributed by atoms with Gasteiger partial charge in [-0.15, -0.1) is 0 Å². The minimum absolute atomic E-state index is 0.0428. The summed E-state index contributed by atoms with van der Waals surface area (Å²) in [5.74, 6) is 0. The second-order valence-corrected chi connectivity index (χ2v) is 5.63. The van der Waals surface area contributed by atoms with Crippen molar-refractivity contribution in [1.82, 2.24) is 10.3 Å². The van der Waals surface area contributed by atoms with Crippen LogP contribution in [0.2, 0.25) is 0 Å². The molecule has 2 aliphatic rings. The monoisotopic (exact) mass is 268 g/mol. The summed E-state index contributed by atoms with van der Waals surface area (Å²) in [5.41, 5.74) is 1.74. The maximum Gasteiger partial charge on any atom is 0.418 e. The number of pyridine rings is 1. The van der Waals surface area contributed by atoms with Crippen molar-refractivity contribution in [1.29, 1.82) is 0 Å². The van der Waals surface area contributed by atoms with Crippen LogP contribution in [0.3, 0.4) is 0 Å². The zero-order chi connectivity index (χ0) is 13.7. The molecule has 3 rings (SSSR count). The van der Waals surface area contributed by atoms with Crippen LogP contribution in [-0.4, -0.2) is 18.1 Å². The highest BCUT2D eigenvalue weighted by Crippen LogP contribution is 2.48. The molecular formula is C14H15F3N2. The lowest BCUT2D eigenvalue weighted by Crippen LogP contribution is -2.57. The van der Waals surface area contributed by atoms with Crippen molar-refractivity contribution >= 4 is 6.08 Å². The highest BCUT2D eigenvalue weighted by molar-refractivity contribution is 5.53. The average molecular weight is 268 g/mol. The van der Waals surface area contributed by atoms with Crippen molar-refractivity contribution in [2.75, 3.05) is 13.1 Å². The Morgan fingerprint density at radius 3 is 2.42 bits per heavy atom. The van der Waals surface area contributed by atoms with Crippen LogP contribution in [0.5, 0.6) is 0 Å². The van der Waals surface area contributed by atoms with E-state index in [0.717, 1.165) is 32.0 Å². The smallest absolute Gasteiger partial charge is 0.315 e. The molecule has 102 valence electrons. The number of hydrogen-bond donors (Lipinski definition) is 1. The Hall–Kier alpha value is -1.36. The molecule has 1 spiro atoms. The fourth-order valence-corrected chi connectivity index (χ4v) is 2.91. The van der Waals surface area contributed by atoms with E-state index in [1.807, 2.05) is 6.08 Å². The first-order valence-electron chi connectivity index (χ1n) is 6.33. The van der Waals surface area contributed by atoms with Gasteiger partial charge in [0, 0.05) is 18.5 Å². The number of nitrogens with zero attached hydrogens (tertiary/aromatic N) is 1. The maximum atomic E-state index is 12.6. The summed E-state index contributed by atoms with van der Waals surface area (Å²) in [6.07, 6.45) is -0.304. The van der Waals surface area contributed by atoms with Crippen LogP contribution in [0.15, 0.2) is 17.7 Å². The van der Waals surface area contributed by atoms with E-state index in [1.54, 1.807) is 0 Å². The van der Waals surface area contributed by atoms with Gasteiger partial charge in [-0.2, -0.15) is 13.2 Å². The number of aryl methyl sites for hydroxylation is 1. The van der Waals surface area contributed by atoms with Crippen molar-refractivity contribution in [3.8, 4) is 0 Å². The summed E-state index contributed by atoms with van der Waals surface area (Å²) in [4.78, 5) is 4.04. The zero-order valence-corrected chi connectivity index (χ0v) is 10.6. The highest BCUT2D eigenvalue weighted by Gasteiger charge is 2.45. The Balaban J connectivity index is 1.76. The minimum atomic E-state index is -4.32. The predicted octanol–water partition coefficient (Wildman–Crippen LogP) is 3.18. The second-order valence-electron chi connectivity index (χ2n) is 5.63. The molecule has 0 amide bonds. The molecule has 2 nitrogen and oxygen atoms in total. The SMILES string of the molecule is Cc1nc(C=C2CC3(CNC3)C2)ccc1C(F)(F)F. The number of rotatable bonds is 1. The number of allylic oxidation sites excluding steroid dienone is 1. The molecule has 2 heterocycles. The zero-order valence-electron chi connectivity index (χ0n) is 10.6. The number of aromatic nitrogens is 1. The summed E-state index contributed by atoms with van der Waals surface area (Å²) in [6, 6.07) is 2.57. The molecule has 1 aromatic heterocycles. The Bertz CT molecular complexity index is 532. The standard InChI is InChI=1S/C14H15F3N2/c1-9-12(14(15,16)17)3-2-11(19-9)4-10-5-13(6-10)7-18-8-13/h2-4,18H,5-8H2,1H3. The average Bonchev–Trinajstić information content (AvgIpc) is 2.18. The molecule has 0 atom stereocenters. The fraction of sp³-hybridized carbons (Fsp3) is 0.500. The number of nitrogens with one attached hydrogen (secondary N) is 1. The van der Waals surface area contributed by atoms with Crippen molar-refractivity contribution < 1.29 is 13.2 Å². The van der Waals surface area contributed by atoms with Crippen molar-refractivity contribution in [2.24, 2.45) is 5.41 Å². The van der Waals surface area contributed by atoms with Crippen LogP contribution in [0, 0.1) is 12.3 Å². The van der Waals surface area contributed by atoms with Gasteiger partial charge in [0.2, 0.25) is 0 Å². The van der Waals surface area contributed by atoms with E-state index >= 15 is 0 Å². The molecule has 0 radical (unpaired) electrons. The first kappa shape index (κ1) is 12.7. The molecular weight excluding hydrogens is 253 g/mol. The van der Waals surface area contributed by atoms with Gasteiger partial charge in [-0.25, -0.2) is 0 Å². The normalized spacial score (nSPS) is 20.9. The second kappa shape index (κ2) is 4.07. The van der Waals surface area contributed by atoms with E-state index in [1.165, 1.54) is 18.6 Å². The van der Waals surface area contributed by atoms with Gasteiger partial charge in [0.1, 0.15) is 0 Å². The molecule has 19 heavy (non-hydrogen) atoms. The first-order chi connectivity index (χ1) is 8.88. The summed E-state index contributed by atoms with van der Waals surface area (Å²) in [5, 5.41) is 3.25. The first-order valence-corrected chi connectivity index (χ1v) is 6.33. The predicted molar refractivity (Wildman–Crippen MR) is 66.5 cm³/mol. The van der Waals surface area contributed by atoms with Gasteiger partial charge in [0.25, 0.3) is 0 Å². The molecule has 2 fully saturated rings. The maximum absolute atomic E-state index is 12.6. The van der Waals surface area contributed by atoms with E-state index in [-0.39, 0.29) is 5.69 Å². The van der Waals surface area contributed by atoms with Gasteiger partial charge in [-0.3, -0.25) is 4.98 Å². The molecule has 1 saturated carbocycles. The van der Waals surface area contributed by atoms with Gasteiger partial charge in [-0.1, -0.05) is 5.57 Å². The molecule has 1 aromatic rings. The topological polar surface area (TPSA) is 24.9 Å². The lowest BCUT2D eigenvalue weighted by molar-refractivity contribution is -0.138. The Kier molecular flexibility index (Phi) is 2.71. The number of hydrogen-bond acceptors (Lipinski definition) is 2. The van der Waals surface area contributed by atoms with E-state index in [2.05, 4.69) is 10.3 Å². The molecule has 1 N–H and O–H groups in total. The lowest BCUT2D eigenvalue weighted by Gasteiger charge is -2.51. The Morgan fingerprint density at radius 1 is 1.26 bits per heavy atom. The van der Waals surface area contributed by atoms with Crippen LogP contribution in [-0.2, 0) is 6.18 Å².